The summed E-state index contributed by atoms with van der Waals surface area (Å²) in [5, 5.41) is 0. The number of hydrogen-bond donors (Lipinski definition) is 1. The van der Waals surface area contributed by atoms with Crippen LogP contribution in [-0.4, -0.2) is 18.5 Å². The molecule has 0 unspecified atom stereocenters. The summed E-state index contributed by atoms with van der Waals surface area (Å²) >= 11 is 0. The van der Waals surface area contributed by atoms with Gasteiger partial charge in [-0.1, -0.05) is 54.3 Å². The molecule has 0 aliphatic carbocycles. The van der Waals surface area contributed by atoms with E-state index in [1.807, 2.05) is 6.07 Å². The Morgan fingerprint density at radius 2 is 1.57 bits per heavy atom. The van der Waals surface area contributed by atoms with Crippen LogP contribution in [0.1, 0.15) is 22.3 Å². The minimum absolute atomic E-state index is 0.396. The first kappa shape index (κ1) is 15.3. The van der Waals surface area contributed by atoms with Gasteiger partial charge in [0.05, 0.1) is 6.54 Å². The molecule has 0 spiro atoms. The largest absolute Gasteiger partial charge is 0.320 e. The fourth-order valence-electron chi connectivity index (χ4n) is 2.35. The van der Waals surface area contributed by atoms with Gasteiger partial charge < -0.3 is 5.73 Å². The van der Waals surface area contributed by atoms with Crippen LogP contribution < -0.4 is 5.73 Å². The minimum atomic E-state index is 0.396. The monoisotopic (exact) mass is 278 g/mol. The predicted octanol–water partition coefficient (Wildman–Crippen LogP) is 2.94. The molecule has 0 fully saturated rings. The van der Waals surface area contributed by atoms with E-state index in [0.29, 0.717) is 6.54 Å². The average Bonchev–Trinajstić information content (AvgIpc) is 2.49. The van der Waals surface area contributed by atoms with Gasteiger partial charge in [-0.2, -0.15) is 0 Å². The van der Waals surface area contributed by atoms with Gasteiger partial charge in [0.1, 0.15) is 0 Å². The Balaban J connectivity index is 2.10. The maximum absolute atomic E-state index is 5.46. The SMILES string of the molecule is Cc1ccccc1CN(C)Cc1ccccc1C#CCN. The van der Waals surface area contributed by atoms with Crippen molar-refractivity contribution in [3.8, 4) is 11.8 Å². The van der Waals surface area contributed by atoms with Crippen LogP contribution in [0.4, 0.5) is 0 Å². The van der Waals surface area contributed by atoms with Gasteiger partial charge in [-0.05, 0) is 36.7 Å². The highest BCUT2D eigenvalue weighted by Gasteiger charge is 2.06. The van der Waals surface area contributed by atoms with E-state index < -0.39 is 0 Å². The molecule has 2 aromatic rings. The molecule has 2 nitrogen and oxygen atoms in total. The molecule has 0 radical (unpaired) electrons. The van der Waals surface area contributed by atoms with Crippen molar-refractivity contribution in [1.82, 2.24) is 4.90 Å². The smallest absolute Gasteiger partial charge is 0.0555 e. The van der Waals surface area contributed by atoms with E-state index in [-0.39, 0.29) is 0 Å². The number of aryl methyl sites for hydroxylation is 1. The molecule has 2 heteroatoms. The van der Waals surface area contributed by atoms with E-state index in [2.05, 4.69) is 73.2 Å². The quantitative estimate of drug-likeness (QED) is 0.871. The van der Waals surface area contributed by atoms with E-state index in [4.69, 9.17) is 5.73 Å². The van der Waals surface area contributed by atoms with Crippen LogP contribution in [0.15, 0.2) is 48.5 Å². The Hall–Kier alpha value is -2.08. The second-order valence-electron chi connectivity index (χ2n) is 5.26. The summed E-state index contributed by atoms with van der Waals surface area (Å²) in [6.45, 7) is 4.37. The van der Waals surface area contributed by atoms with E-state index in [9.17, 15) is 0 Å². The third kappa shape index (κ3) is 4.46. The molecule has 0 aromatic heterocycles. The lowest BCUT2D eigenvalue weighted by Crippen LogP contribution is -2.18. The number of nitrogens with zero attached hydrogens (tertiary/aromatic N) is 1. The summed E-state index contributed by atoms with van der Waals surface area (Å²) in [4.78, 5) is 2.31. The van der Waals surface area contributed by atoms with Crippen LogP contribution in [0.3, 0.4) is 0 Å². The molecule has 0 heterocycles. The van der Waals surface area contributed by atoms with Gasteiger partial charge in [0.2, 0.25) is 0 Å². The highest BCUT2D eigenvalue weighted by atomic mass is 15.1. The van der Waals surface area contributed by atoms with Gasteiger partial charge in [0.15, 0.2) is 0 Å². The fourth-order valence-corrected chi connectivity index (χ4v) is 2.35. The Morgan fingerprint density at radius 1 is 0.952 bits per heavy atom. The van der Waals surface area contributed by atoms with Crippen LogP contribution in [0.2, 0.25) is 0 Å². The van der Waals surface area contributed by atoms with E-state index in [0.717, 1.165) is 18.7 Å². The molecule has 0 saturated heterocycles. The van der Waals surface area contributed by atoms with Crippen LogP contribution in [-0.2, 0) is 13.1 Å². The highest BCUT2D eigenvalue weighted by molar-refractivity contribution is 5.41. The lowest BCUT2D eigenvalue weighted by Gasteiger charge is -2.19. The minimum Gasteiger partial charge on any atom is -0.320 e. The van der Waals surface area contributed by atoms with E-state index in [1.54, 1.807) is 0 Å². The van der Waals surface area contributed by atoms with Gasteiger partial charge in [-0.15, -0.1) is 0 Å². The third-order valence-corrected chi connectivity index (χ3v) is 3.48. The van der Waals surface area contributed by atoms with Crippen molar-refractivity contribution < 1.29 is 0 Å². The molecular weight excluding hydrogens is 256 g/mol. The molecular formula is C19H22N2. The predicted molar refractivity (Wildman–Crippen MR) is 88.7 cm³/mol. The molecule has 0 aliphatic rings. The standard InChI is InChI=1S/C19H22N2/c1-16-8-3-4-10-18(16)14-21(2)15-19-11-6-5-9-17(19)12-7-13-20/h3-6,8-11H,13-15,20H2,1-2H3. The van der Waals surface area contributed by atoms with Crippen LogP contribution >= 0.6 is 0 Å². The molecule has 21 heavy (non-hydrogen) atoms. The van der Waals surface area contributed by atoms with Gasteiger partial charge in [0, 0.05) is 18.7 Å². The summed E-state index contributed by atoms with van der Waals surface area (Å²) in [6.07, 6.45) is 0. The van der Waals surface area contributed by atoms with Gasteiger partial charge in [-0.25, -0.2) is 0 Å². The number of rotatable bonds is 4. The van der Waals surface area contributed by atoms with Crippen molar-refractivity contribution in [2.75, 3.05) is 13.6 Å². The lowest BCUT2D eigenvalue weighted by molar-refractivity contribution is 0.318. The maximum Gasteiger partial charge on any atom is 0.0555 e. The summed E-state index contributed by atoms with van der Waals surface area (Å²) in [5.41, 5.74) is 10.5. The normalized spacial score (nSPS) is 10.3. The van der Waals surface area contributed by atoms with Crippen molar-refractivity contribution >= 4 is 0 Å². The number of nitrogens with two attached hydrogens (primary N) is 1. The zero-order valence-corrected chi connectivity index (χ0v) is 12.8. The molecule has 0 atom stereocenters. The third-order valence-electron chi connectivity index (χ3n) is 3.48. The second-order valence-corrected chi connectivity index (χ2v) is 5.26. The van der Waals surface area contributed by atoms with Crippen LogP contribution in [0.25, 0.3) is 0 Å². The fraction of sp³-hybridized carbons (Fsp3) is 0.263. The van der Waals surface area contributed by atoms with Crippen molar-refractivity contribution in [3.63, 3.8) is 0 Å². The van der Waals surface area contributed by atoms with Crippen LogP contribution in [0.5, 0.6) is 0 Å². The lowest BCUT2D eigenvalue weighted by atomic mass is 10.1. The Morgan fingerprint density at radius 3 is 2.29 bits per heavy atom. The molecule has 2 aromatic carbocycles. The van der Waals surface area contributed by atoms with Crippen LogP contribution in [0, 0.1) is 18.8 Å². The van der Waals surface area contributed by atoms with Gasteiger partial charge >= 0.3 is 0 Å². The summed E-state index contributed by atoms with van der Waals surface area (Å²) < 4.78 is 0. The summed E-state index contributed by atoms with van der Waals surface area (Å²) in [7, 11) is 2.14. The van der Waals surface area contributed by atoms with Gasteiger partial charge in [-0.3, -0.25) is 4.90 Å². The molecule has 2 N–H and O–H groups in total. The van der Waals surface area contributed by atoms with Crippen molar-refractivity contribution in [3.05, 3.63) is 70.8 Å². The molecule has 108 valence electrons. The first-order chi connectivity index (χ1) is 10.2. The topological polar surface area (TPSA) is 29.3 Å². The van der Waals surface area contributed by atoms with Crippen molar-refractivity contribution in [1.29, 1.82) is 0 Å². The van der Waals surface area contributed by atoms with Crippen molar-refractivity contribution in [2.24, 2.45) is 5.73 Å². The number of benzene rings is 2. The molecule has 0 amide bonds. The maximum atomic E-state index is 5.46. The van der Waals surface area contributed by atoms with E-state index >= 15 is 0 Å². The second kappa shape index (κ2) is 7.64. The Labute approximate surface area is 127 Å². The number of hydrogen-bond acceptors (Lipinski definition) is 2. The first-order valence-corrected chi connectivity index (χ1v) is 7.20. The first-order valence-electron chi connectivity index (χ1n) is 7.20. The zero-order chi connectivity index (χ0) is 15.1. The highest BCUT2D eigenvalue weighted by Crippen LogP contribution is 2.14. The molecule has 0 saturated carbocycles. The Kier molecular flexibility index (Phi) is 5.57. The van der Waals surface area contributed by atoms with E-state index in [1.165, 1.54) is 16.7 Å². The molecule has 0 aliphatic heterocycles. The van der Waals surface area contributed by atoms with Crippen molar-refractivity contribution in [2.45, 2.75) is 20.0 Å². The summed E-state index contributed by atoms with van der Waals surface area (Å²) in [5.74, 6) is 6.09. The Bertz CT molecular complexity index is 650. The summed E-state index contributed by atoms with van der Waals surface area (Å²) in [6, 6.07) is 16.8. The zero-order valence-electron chi connectivity index (χ0n) is 12.8. The average molecular weight is 278 g/mol. The van der Waals surface area contributed by atoms with Gasteiger partial charge in [0.25, 0.3) is 0 Å². The molecule has 2 rings (SSSR count). The molecule has 0 bridgehead atoms.